The summed E-state index contributed by atoms with van der Waals surface area (Å²) in [7, 11) is 1.47. The van der Waals surface area contributed by atoms with E-state index in [9.17, 15) is 19.2 Å². The number of halogens is 1. The number of nitrogens with zero attached hydrogens (tertiary/aromatic N) is 1. The number of methoxy groups -OCH3 is 1. The van der Waals surface area contributed by atoms with Gasteiger partial charge in [-0.3, -0.25) is 19.3 Å². The van der Waals surface area contributed by atoms with Crippen LogP contribution in [0.5, 0.6) is 11.5 Å². The van der Waals surface area contributed by atoms with Gasteiger partial charge in [0.2, 0.25) is 0 Å². The topological polar surface area (TPSA) is 119 Å². The Morgan fingerprint density at radius 2 is 1.97 bits per heavy atom. The largest absolute Gasteiger partial charge is 0.493 e. The summed E-state index contributed by atoms with van der Waals surface area (Å²) in [6, 6.07) is 9.84. The fourth-order valence-electron chi connectivity index (χ4n) is 3.04. The molecule has 0 radical (unpaired) electrons. The van der Waals surface area contributed by atoms with E-state index in [1.54, 1.807) is 37.3 Å². The van der Waals surface area contributed by atoms with Crippen molar-refractivity contribution < 1.29 is 38.5 Å². The van der Waals surface area contributed by atoms with Crippen LogP contribution in [0, 0.1) is 3.57 Å². The van der Waals surface area contributed by atoms with E-state index in [1.165, 1.54) is 19.2 Å². The van der Waals surface area contributed by atoms with Crippen LogP contribution in [0.25, 0.3) is 6.08 Å². The quantitative estimate of drug-likeness (QED) is 0.258. The SMILES string of the molecule is CCOC(=O)CN1C(=O)S/C(=C/c2cc(I)c(OCc3cccc(C(=O)O)c3)c(OC)c2)C1=O. The minimum Gasteiger partial charge on any atom is -0.493 e. The molecule has 1 aliphatic heterocycles. The van der Waals surface area contributed by atoms with Crippen molar-refractivity contribution in [3.63, 3.8) is 0 Å². The maximum absolute atomic E-state index is 12.6. The minimum atomic E-state index is -1.02. The molecule has 11 heteroatoms. The van der Waals surface area contributed by atoms with E-state index in [1.807, 2.05) is 0 Å². The average molecular weight is 597 g/mol. The predicted octanol–water partition coefficient (Wildman–Crippen LogP) is 4.18. The first kappa shape index (κ1) is 25.6. The third-order valence-electron chi connectivity index (χ3n) is 4.57. The number of esters is 1. The number of benzene rings is 2. The van der Waals surface area contributed by atoms with E-state index in [2.05, 4.69) is 22.6 Å². The van der Waals surface area contributed by atoms with E-state index in [0.717, 1.165) is 16.7 Å². The number of rotatable bonds is 9. The standard InChI is InChI=1S/C23H20INO8S/c1-3-32-19(26)11-25-21(27)18(34-23(25)30)10-14-8-16(24)20(17(9-14)31-2)33-12-13-5-4-6-15(7-13)22(28)29/h4-10H,3,11-12H2,1-2H3,(H,28,29)/b18-10+. The number of hydrogen-bond donors (Lipinski definition) is 1. The molecule has 9 nitrogen and oxygen atoms in total. The first-order valence-electron chi connectivity index (χ1n) is 9.97. The Bertz CT molecular complexity index is 1180. The van der Waals surface area contributed by atoms with Crippen LogP contribution in [0.3, 0.4) is 0 Å². The zero-order valence-electron chi connectivity index (χ0n) is 18.2. The number of thioether (sulfide) groups is 1. The molecule has 0 unspecified atom stereocenters. The van der Waals surface area contributed by atoms with Crippen LogP contribution in [-0.4, -0.2) is 53.4 Å². The van der Waals surface area contributed by atoms with Gasteiger partial charge >= 0.3 is 11.9 Å². The number of imide groups is 1. The van der Waals surface area contributed by atoms with E-state index in [0.29, 0.717) is 26.2 Å². The van der Waals surface area contributed by atoms with Crippen molar-refractivity contribution in [1.82, 2.24) is 4.90 Å². The molecule has 1 aliphatic rings. The second-order valence-electron chi connectivity index (χ2n) is 6.90. The molecule has 2 aromatic carbocycles. The van der Waals surface area contributed by atoms with Gasteiger partial charge in [-0.2, -0.15) is 0 Å². The van der Waals surface area contributed by atoms with E-state index in [-0.39, 0.29) is 23.7 Å². The highest BCUT2D eigenvalue weighted by Crippen LogP contribution is 2.37. The van der Waals surface area contributed by atoms with Gasteiger partial charge in [0.05, 0.1) is 27.8 Å². The van der Waals surface area contributed by atoms with Crippen LogP contribution < -0.4 is 9.47 Å². The molecule has 1 heterocycles. The summed E-state index contributed by atoms with van der Waals surface area (Å²) < 4.78 is 16.8. The zero-order valence-corrected chi connectivity index (χ0v) is 21.2. The molecule has 1 N–H and O–H groups in total. The number of carbonyl (C=O) groups is 4. The highest BCUT2D eigenvalue weighted by Gasteiger charge is 2.36. The molecule has 0 aromatic heterocycles. The number of amides is 2. The molecule has 0 atom stereocenters. The van der Waals surface area contributed by atoms with E-state index in [4.69, 9.17) is 19.3 Å². The Morgan fingerprint density at radius 3 is 2.65 bits per heavy atom. The summed E-state index contributed by atoms with van der Waals surface area (Å²) in [5.74, 6) is -1.40. The number of carboxylic acid groups (broad SMARTS) is 1. The molecular weight excluding hydrogens is 577 g/mol. The summed E-state index contributed by atoms with van der Waals surface area (Å²) in [5.41, 5.74) is 1.44. The Hall–Kier alpha value is -3.06. The lowest BCUT2D eigenvalue weighted by Crippen LogP contribution is -2.34. The summed E-state index contributed by atoms with van der Waals surface area (Å²) in [6.45, 7) is 1.48. The van der Waals surface area contributed by atoms with Crippen molar-refractivity contribution in [2.75, 3.05) is 20.3 Å². The molecule has 0 spiro atoms. The molecule has 2 aromatic rings. The monoisotopic (exact) mass is 597 g/mol. The number of carbonyl (C=O) groups excluding carboxylic acids is 3. The number of carboxylic acids is 1. The smallest absolute Gasteiger partial charge is 0.335 e. The number of aromatic carboxylic acids is 1. The van der Waals surface area contributed by atoms with Gasteiger partial charge in [0.15, 0.2) is 11.5 Å². The normalized spacial score (nSPS) is 14.4. The van der Waals surface area contributed by atoms with Crippen LogP contribution in [0.4, 0.5) is 4.79 Å². The van der Waals surface area contributed by atoms with Gasteiger partial charge < -0.3 is 19.3 Å². The Balaban J connectivity index is 1.79. The van der Waals surface area contributed by atoms with Crippen LogP contribution in [-0.2, 0) is 20.9 Å². The third kappa shape index (κ3) is 6.08. The van der Waals surface area contributed by atoms with E-state index >= 15 is 0 Å². The molecule has 1 fully saturated rings. The summed E-state index contributed by atoms with van der Waals surface area (Å²) in [5, 5.41) is 8.60. The van der Waals surface area contributed by atoms with Crippen LogP contribution in [0.15, 0.2) is 41.3 Å². The molecule has 0 bridgehead atoms. The van der Waals surface area contributed by atoms with Crippen molar-refractivity contribution in [3.05, 3.63) is 61.6 Å². The Kier molecular flexibility index (Phi) is 8.56. The first-order chi connectivity index (χ1) is 16.2. The van der Waals surface area contributed by atoms with Gasteiger partial charge in [-0.05, 0) is 82.7 Å². The maximum atomic E-state index is 12.6. The van der Waals surface area contributed by atoms with Gasteiger partial charge in [-0.15, -0.1) is 0 Å². The van der Waals surface area contributed by atoms with Crippen LogP contribution in [0.2, 0.25) is 0 Å². The molecule has 3 rings (SSSR count). The second kappa shape index (κ2) is 11.4. The highest BCUT2D eigenvalue weighted by molar-refractivity contribution is 14.1. The lowest BCUT2D eigenvalue weighted by molar-refractivity contribution is -0.145. The molecule has 2 amide bonds. The molecule has 1 saturated heterocycles. The lowest BCUT2D eigenvalue weighted by atomic mass is 10.1. The highest BCUT2D eigenvalue weighted by atomic mass is 127. The molecule has 34 heavy (non-hydrogen) atoms. The lowest BCUT2D eigenvalue weighted by Gasteiger charge is -2.14. The fraction of sp³-hybridized carbons (Fsp3) is 0.217. The van der Waals surface area contributed by atoms with Crippen molar-refractivity contribution in [2.45, 2.75) is 13.5 Å². The first-order valence-corrected chi connectivity index (χ1v) is 11.9. The van der Waals surface area contributed by atoms with Gasteiger partial charge in [-0.1, -0.05) is 12.1 Å². The summed E-state index contributed by atoms with van der Waals surface area (Å²) >= 11 is 2.80. The number of ether oxygens (including phenoxy) is 3. The third-order valence-corrected chi connectivity index (χ3v) is 6.28. The van der Waals surface area contributed by atoms with Crippen LogP contribution >= 0.6 is 34.4 Å². The average Bonchev–Trinajstić information content (AvgIpc) is 3.05. The summed E-state index contributed by atoms with van der Waals surface area (Å²) in [6.07, 6.45) is 1.54. The van der Waals surface area contributed by atoms with Gasteiger partial charge in [0.1, 0.15) is 13.2 Å². The Morgan fingerprint density at radius 1 is 1.21 bits per heavy atom. The molecular formula is C23H20INO8S. The maximum Gasteiger partial charge on any atom is 0.335 e. The van der Waals surface area contributed by atoms with Gasteiger partial charge in [0.25, 0.3) is 11.1 Å². The molecule has 0 saturated carbocycles. The van der Waals surface area contributed by atoms with Gasteiger partial charge in [0, 0.05) is 0 Å². The Labute approximate surface area is 213 Å². The van der Waals surface area contributed by atoms with Gasteiger partial charge in [-0.25, -0.2) is 4.79 Å². The van der Waals surface area contributed by atoms with Crippen molar-refractivity contribution in [2.24, 2.45) is 0 Å². The van der Waals surface area contributed by atoms with Crippen molar-refractivity contribution in [1.29, 1.82) is 0 Å². The predicted molar refractivity (Wildman–Crippen MR) is 133 cm³/mol. The van der Waals surface area contributed by atoms with Crippen molar-refractivity contribution in [3.8, 4) is 11.5 Å². The zero-order chi connectivity index (χ0) is 24.8. The minimum absolute atomic E-state index is 0.125. The summed E-state index contributed by atoms with van der Waals surface area (Å²) in [4.78, 5) is 48.7. The van der Waals surface area contributed by atoms with E-state index < -0.39 is 29.6 Å². The molecule has 178 valence electrons. The molecule has 0 aliphatic carbocycles. The second-order valence-corrected chi connectivity index (χ2v) is 9.06. The fourth-order valence-corrected chi connectivity index (χ4v) is 4.66. The van der Waals surface area contributed by atoms with Crippen molar-refractivity contribution >= 4 is 63.5 Å². The number of hydrogen-bond acceptors (Lipinski definition) is 8. The van der Waals surface area contributed by atoms with Crippen LogP contribution in [0.1, 0.15) is 28.4 Å².